The molecule has 1 saturated heterocycles. The lowest BCUT2D eigenvalue weighted by atomic mass is 9.97. The van der Waals surface area contributed by atoms with Crippen molar-refractivity contribution in [2.75, 3.05) is 10.6 Å². The van der Waals surface area contributed by atoms with Crippen molar-refractivity contribution < 1.29 is 4.79 Å². The third-order valence-corrected chi connectivity index (χ3v) is 3.60. The van der Waals surface area contributed by atoms with E-state index in [1.54, 1.807) is 12.1 Å². The van der Waals surface area contributed by atoms with Gasteiger partial charge in [-0.1, -0.05) is 0 Å². The molecule has 0 unspecified atom stereocenters. The highest BCUT2D eigenvalue weighted by Gasteiger charge is 2.27. The molecule has 5 nitrogen and oxygen atoms in total. The second-order valence-corrected chi connectivity index (χ2v) is 5.01. The summed E-state index contributed by atoms with van der Waals surface area (Å²) in [5.74, 6) is 0.166. The molecule has 98 valence electrons. The molecule has 1 aromatic rings. The second-order valence-electron chi connectivity index (χ2n) is 5.01. The molecule has 1 fully saturated rings. The third kappa shape index (κ3) is 2.25. The topological polar surface area (TPSA) is 85.2 Å². The van der Waals surface area contributed by atoms with Crippen LogP contribution in [0.2, 0.25) is 0 Å². The van der Waals surface area contributed by atoms with E-state index in [-0.39, 0.29) is 5.69 Å². The zero-order chi connectivity index (χ0) is 13.3. The number of nitrogens with two attached hydrogens (primary N) is 2. The number of piperidine rings is 1. The first kappa shape index (κ1) is 12.7. The molecule has 5 heteroatoms. The summed E-state index contributed by atoms with van der Waals surface area (Å²) in [4.78, 5) is 17.7. The van der Waals surface area contributed by atoms with Gasteiger partial charge < -0.3 is 16.4 Å². The van der Waals surface area contributed by atoms with Gasteiger partial charge in [0.25, 0.3) is 5.91 Å². The summed E-state index contributed by atoms with van der Waals surface area (Å²) >= 11 is 0. The highest BCUT2D eigenvalue weighted by atomic mass is 16.1. The Kier molecular flexibility index (Phi) is 3.41. The van der Waals surface area contributed by atoms with Crippen molar-refractivity contribution in [3.05, 3.63) is 17.8 Å². The lowest BCUT2D eigenvalue weighted by molar-refractivity contribution is 0.0995. The molecule has 4 N–H and O–H groups in total. The van der Waals surface area contributed by atoms with Crippen molar-refractivity contribution >= 4 is 17.4 Å². The van der Waals surface area contributed by atoms with Crippen LogP contribution in [0, 0.1) is 0 Å². The molecule has 0 radical (unpaired) electrons. The van der Waals surface area contributed by atoms with Crippen LogP contribution in [0.3, 0.4) is 0 Å². The molecule has 0 saturated carbocycles. The maximum absolute atomic E-state index is 11.2. The maximum Gasteiger partial charge on any atom is 0.267 e. The van der Waals surface area contributed by atoms with Crippen molar-refractivity contribution in [2.24, 2.45) is 5.73 Å². The van der Waals surface area contributed by atoms with E-state index < -0.39 is 5.91 Å². The van der Waals surface area contributed by atoms with Gasteiger partial charge in [0, 0.05) is 12.1 Å². The first-order valence-electron chi connectivity index (χ1n) is 6.35. The first-order valence-corrected chi connectivity index (χ1v) is 6.35. The summed E-state index contributed by atoms with van der Waals surface area (Å²) in [5.41, 5.74) is 12.1. The molecule has 0 aromatic carbocycles. The van der Waals surface area contributed by atoms with Crippen molar-refractivity contribution in [1.82, 2.24) is 4.98 Å². The number of anilines is 2. The van der Waals surface area contributed by atoms with Gasteiger partial charge in [0.2, 0.25) is 0 Å². The zero-order valence-electron chi connectivity index (χ0n) is 10.9. The average molecular weight is 248 g/mol. The summed E-state index contributed by atoms with van der Waals surface area (Å²) in [5, 5.41) is 0. The lowest BCUT2D eigenvalue weighted by Crippen LogP contribution is -2.44. The molecule has 1 aliphatic heterocycles. The molecular formula is C13H20N4O. The monoisotopic (exact) mass is 248 g/mol. The predicted molar refractivity (Wildman–Crippen MR) is 72.4 cm³/mol. The zero-order valence-corrected chi connectivity index (χ0v) is 10.9. The minimum Gasteiger partial charge on any atom is -0.396 e. The van der Waals surface area contributed by atoms with Crippen molar-refractivity contribution in [3.8, 4) is 0 Å². The quantitative estimate of drug-likeness (QED) is 0.831. The molecule has 1 amide bonds. The van der Waals surface area contributed by atoms with Crippen LogP contribution in [0.15, 0.2) is 12.1 Å². The molecule has 18 heavy (non-hydrogen) atoms. The number of pyridine rings is 1. The maximum atomic E-state index is 11.2. The Balaban J connectivity index is 2.41. The number of hydrogen-bond acceptors (Lipinski definition) is 4. The number of primary amides is 1. The number of nitrogen functional groups attached to an aromatic ring is 1. The third-order valence-electron chi connectivity index (χ3n) is 3.60. The number of amides is 1. The van der Waals surface area contributed by atoms with Gasteiger partial charge in [-0.25, -0.2) is 4.98 Å². The van der Waals surface area contributed by atoms with Crippen LogP contribution in [0.25, 0.3) is 0 Å². The van der Waals surface area contributed by atoms with Gasteiger partial charge in [-0.05, 0) is 45.2 Å². The fourth-order valence-electron chi connectivity index (χ4n) is 2.64. The number of carbonyl (C=O) groups excluding carboxylic acids is 1. The van der Waals surface area contributed by atoms with Crippen LogP contribution in [0.1, 0.15) is 43.6 Å². The second kappa shape index (κ2) is 4.84. The molecule has 1 aromatic heterocycles. The largest absolute Gasteiger partial charge is 0.396 e. The number of nitrogens with zero attached hydrogens (tertiary/aromatic N) is 2. The van der Waals surface area contributed by atoms with Gasteiger partial charge in [-0.15, -0.1) is 0 Å². The molecular weight excluding hydrogens is 228 g/mol. The van der Waals surface area contributed by atoms with Crippen LogP contribution in [-0.2, 0) is 0 Å². The van der Waals surface area contributed by atoms with E-state index >= 15 is 0 Å². The van der Waals surface area contributed by atoms with Crippen LogP contribution >= 0.6 is 0 Å². The minimum absolute atomic E-state index is 0.268. The van der Waals surface area contributed by atoms with Crippen molar-refractivity contribution in [3.63, 3.8) is 0 Å². The normalized spacial score (nSPS) is 24.0. The van der Waals surface area contributed by atoms with E-state index in [2.05, 4.69) is 23.7 Å². The van der Waals surface area contributed by atoms with E-state index in [1.165, 1.54) is 6.42 Å². The van der Waals surface area contributed by atoms with Gasteiger partial charge in [-0.3, -0.25) is 4.79 Å². The number of aromatic nitrogens is 1. The first-order chi connectivity index (χ1) is 8.50. The Labute approximate surface area is 107 Å². The summed E-state index contributed by atoms with van der Waals surface area (Å²) < 4.78 is 0. The molecule has 0 aliphatic carbocycles. The lowest BCUT2D eigenvalue weighted by Gasteiger charge is -2.40. The predicted octanol–water partition coefficient (Wildman–Crippen LogP) is 1.53. The molecule has 2 heterocycles. The van der Waals surface area contributed by atoms with Gasteiger partial charge >= 0.3 is 0 Å². The Morgan fingerprint density at radius 1 is 1.33 bits per heavy atom. The van der Waals surface area contributed by atoms with E-state index in [4.69, 9.17) is 11.5 Å². The summed E-state index contributed by atoms with van der Waals surface area (Å²) in [6, 6.07) is 4.04. The molecule has 1 aliphatic rings. The van der Waals surface area contributed by atoms with Crippen LogP contribution in [0.4, 0.5) is 11.5 Å². The smallest absolute Gasteiger partial charge is 0.267 e. The Morgan fingerprint density at radius 3 is 2.50 bits per heavy atom. The van der Waals surface area contributed by atoms with Gasteiger partial charge in [-0.2, -0.15) is 0 Å². The Hall–Kier alpha value is -1.78. The number of rotatable bonds is 2. The van der Waals surface area contributed by atoms with Gasteiger partial charge in [0.15, 0.2) is 5.82 Å². The van der Waals surface area contributed by atoms with E-state index in [0.29, 0.717) is 23.6 Å². The highest BCUT2D eigenvalue weighted by molar-refractivity contribution is 5.92. The van der Waals surface area contributed by atoms with E-state index in [0.717, 1.165) is 12.8 Å². The SMILES string of the molecule is C[C@@H]1CCC[C@H](C)N1c1nc(C(N)=O)ccc1N. The van der Waals surface area contributed by atoms with Crippen molar-refractivity contribution in [1.29, 1.82) is 0 Å². The van der Waals surface area contributed by atoms with Crippen molar-refractivity contribution in [2.45, 2.75) is 45.2 Å². The summed E-state index contributed by atoms with van der Waals surface area (Å²) in [6.45, 7) is 4.32. The molecule has 0 bridgehead atoms. The molecule has 2 rings (SSSR count). The average Bonchev–Trinajstić information content (AvgIpc) is 2.30. The molecule has 0 spiro atoms. The number of hydrogen-bond donors (Lipinski definition) is 2. The van der Waals surface area contributed by atoms with Crippen LogP contribution < -0.4 is 16.4 Å². The van der Waals surface area contributed by atoms with Gasteiger partial charge in [0.1, 0.15) is 5.69 Å². The fraction of sp³-hybridized carbons (Fsp3) is 0.538. The standard InChI is InChI=1S/C13H20N4O/c1-8-4-3-5-9(2)17(8)13-10(14)6-7-11(16-13)12(15)18/h6-9H,3-5,14H2,1-2H3,(H2,15,18)/t8-,9+. The van der Waals surface area contributed by atoms with E-state index in [9.17, 15) is 4.79 Å². The summed E-state index contributed by atoms with van der Waals surface area (Å²) in [6.07, 6.45) is 3.45. The Bertz CT molecular complexity index is 450. The molecule has 2 atom stereocenters. The van der Waals surface area contributed by atoms with Crippen LogP contribution in [-0.4, -0.2) is 23.0 Å². The van der Waals surface area contributed by atoms with Crippen LogP contribution in [0.5, 0.6) is 0 Å². The van der Waals surface area contributed by atoms with Gasteiger partial charge in [0.05, 0.1) is 5.69 Å². The Morgan fingerprint density at radius 2 is 1.94 bits per heavy atom. The fourth-order valence-corrected chi connectivity index (χ4v) is 2.64. The summed E-state index contributed by atoms with van der Waals surface area (Å²) in [7, 11) is 0. The highest BCUT2D eigenvalue weighted by Crippen LogP contribution is 2.31. The van der Waals surface area contributed by atoms with E-state index in [1.807, 2.05) is 0 Å². The minimum atomic E-state index is -0.520. The number of carbonyl (C=O) groups is 1.